The lowest BCUT2D eigenvalue weighted by atomic mass is 10.2. The average molecular weight is 392 g/mol. The summed E-state index contributed by atoms with van der Waals surface area (Å²) < 4.78 is 14.9. The summed E-state index contributed by atoms with van der Waals surface area (Å²) in [6, 6.07) is 17.4. The largest absolute Gasteiger partial charge is 0.347 e. The molecule has 2 heterocycles. The first kappa shape index (κ1) is 18.9. The zero-order valence-electron chi connectivity index (χ0n) is 15.8. The number of rotatable bonds is 5. The molecule has 6 nitrogen and oxygen atoms in total. The third-order valence-electron chi connectivity index (χ3n) is 4.88. The maximum Gasteiger partial charge on any atom is 0.272 e. The second-order valence-electron chi connectivity index (χ2n) is 7.02. The second kappa shape index (κ2) is 8.26. The van der Waals surface area contributed by atoms with Crippen LogP contribution in [0.4, 0.5) is 4.39 Å². The van der Waals surface area contributed by atoms with Gasteiger partial charge in [-0.3, -0.25) is 14.3 Å². The van der Waals surface area contributed by atoms with Crippen molar-refractivity contribution in [3.05, 3.63) is 89.0 Å². The molecule has 1 aliphatic heterocycles. The summed E-state index contributed by atoms with van der Waals surface area (Å²) >= 11 is 0. The number of aryl methyl sites for hydroxylation is 1. The average Bonchev–Trinajstić information content (AvgIpc) is 3.10. The van der Waals surface area contributed by atoms with Gasteiger partial charge in [-0.25, -0.2) is 4.39 Å². The summed E-state index contributed by atoms with van der Waals surface area (Å²) in [4.78, 5) is 27.2. The molecule has 0 atom stereocenters. The van der Waals surface area contributed by atoms with Gasteiger partial charge in [0, 0.05) is 32.2 Å². The Labute approximate surface area is 167 Å². The van der Waals surface area contributed by atoms with Crippen molar-refractivity contribution in [2.45, 2.75) is 26.1 Å². The maximum atomic E-state index is 13.3. The molecule has 3 aromatic rings. The topological polar surface area (TPSA) is 67.2 Å². The van der Waals surface area contributed by atoms with E-state index in [1.54, 1.807) is 21.7 Å². The van der Waals surface area contributed by atoms with Gasteiger partial charge >= 0.3 is 0 Å². The van der Waals surface area contributed by atoms with Crippen molar-refractivity contribution in [2.24, 2.45) is 0 Å². The van der Waals surface area contributed by atoms with Gasteiger partial charge in [-0.2, -0.15) is 5.10 Å². The first-order valence-corrected chi connectivity index (χ1v) is 9.54. The number of nitrogens with zero attached hydrogens (tertiary/aromatic N) is 3. The number of aromatic nitrogens is 2. The zero-order valence-corrected chi connectivity index (χ0v) is 15.8. The molecule has 1 aliphatic rings. The molecule has 0 saturated carbocycles. The van der Waals surface area contributed by atoms with Gasteiger partial charge in [-0.05, 0) is 29.7 Å². The molecule has 0 unspecified atom stereocenters. The van der Waals surface area contributed by atoms with E-state index in [1.165, 1.54) is 18.2 Å². The van der Waals surface area contributed by atoms with Gasteiger partial charge in [-0.1, -0.05) is 42.5 Å². The third-order valence-corrected chi connectivity index (χ3v) is 4.88. The molecule has 0 fully saturated rings. The number of hydrogen-bond donors (Lipinski definition) is 1. The first-order chi connectivity index (χ1) is 14.1. The van der Waals surface area contributed by atoms with E-state index in [0.717, 1.165) is 12.0 Å². The predicted molar refractivity (Wildman–Crippen MR) is 106 cm³/mol. The lowest BCUT2D eigenvalue weighted by Gasteiger charge is -2.20. The van der Waals surface area contributed by atoms with Crippen LogP contribution in [0.5, 0.6) is 0 Å². The number of halogens is 1. The maximum absolute atomic E-state index is 13.3. The third kappa shape index (κ3) is 4.34. The van der Waals surface area contributed by atoms with Crippen molar-refractivity contribution in [2.75, 3.05) is 6.54 Å². The quantitative estimate of drug-likeness (QED) is 0.726. The summed E-state index contributed by atoms with van der Waals surface area (Å²) in [5, 5.41) is 7.04. The minimum Gasteiger partial charge on any atom is -0.347 e. The summed E-state index contributed by atoms with van der Waals surface area (Å²) in [6.07, 6.45) is 0.762. The number of hydrogen-bond acceptors (Lipinski definition) is 3. The van der Waals surface area contributed by atoms with E-state index in [0.29, 0.717) is 30.9 Å². The lowest BCUT2D eigenvalue weighted by molar-refractivity contribution is 0.0745. The Hall–Kier alpha value is -3.48. The molecule has 7 heteroatoms. The molecule has 2 amide bonds. The minimum atomic E-state index is -0.391. The van der Waals surface area contributed by atoms with Crippen LogP contribution in [0.25, 0.3) is 0 Å². The Morgan fingerprint density at radius 1 is 1.03 bits per heavy atom. The smallest absolute Gasteiger partial charge is 0.272 e. The second-order valence-corrected chi connectivity index (χ2v) is 7.02. The molecular weight excluding hydrogens is 371 g/mol. The monoisotopic (exact) mass is 392 g/mol. The van der Waals surface area contributed by atoms with E-state index in [-0.39, 0.29) is 24.0 Å². The molecule has 0 spiro atoms. The number of nitrogens with one attached hydrogen (secondary N) is 1. The zero-order chi connectivity index (χ0) is 20.2. The fraction of sp³-hybridized carbons (Fsp3) is 0.227. The Bertz CT molecular complexity index is 1030. The van der Waals surface area contributed by atoms with Gasteiger partial charge in [0.1, 0.15) is 11.5 Å². The molecule has 2 aromatic carbocycles. The first-order valence-electron chi connectivity index (χ1n) is 9.54. The standard InChI is InChI=1S/C22H21FN4O2/c23-18-9-4-8-17(12-18)14-24-21(28)19-13-20-22(29)26(10-5-11-27(20)25-19)15-16-6-2-1-3-7-16/h1-4,6-9,12-13H,5,10-11,14-15H2,(H,24,28). The fourth-order valence-electron chi connectivity index (χ4n) is 3.42. The van der Waals surface area contributed by atoms with Crippen LogP contribution >= 0.6 is 0 Å². The molecule has 1 N–H and O–H groups in total. The number of benzene rings is 2. The molecule has 29 heavy (non-hydrogen) atoms. The highest BCUT2D eigenvalue weighted by molar-refractivity contribution is 5.98. The van der Waals surface area contributed by atoms with E-state index in [9.17, 15) is 14.0 Å². The lowest BCUT2D eigenvalue weighted by Crippen LogP contribution is -2.30. The minimum absolute atomic E-state index is 0.136. The number of fused-ring (bicyclic) bond motifs is 1. The van der Waals surface area contributed by atoms with Crippen LogP contribution in [-0.4, -0.2) is 33.0 Å². The normalized spacial score (nSPS) is 13.7. The van der Waals surface area contributed by atoms with E-state index >= 15 is 0 Å². The predicted octanol–water partition coefficient (Wildman–Crippen LogP) is 3.00. The Kier molecular flexibility index (Phi) is 5.37. The van der Waals surface area contributed by atoms with Gasteiger partial charge < -0.3 is 10.2 Å². The molecule has 0 aliphatic carbocycles. The number of amides is 2. The molecule has 0 bridgehead atoms. The molecule has 1 aromatic heterocycles. The van der Waals surface area contributed by atoms with Gasteiger partial charge in [0.25, 0.3) is 11.8 Å². The van der Waals surface area contributed by atoms with E-state index in [2.05, 4.69) is 10.4 Å². The van der Waals surface area contributed by atoms with E-state index < -0.39 is 5.91 Å². The van der Waals surface area contributed by atoms with Crippen molar-refractivity contribution >= 4 is 11.8 Å². The van der Waals surface area contributed by atoms with Crippen LogP contribution in [-0.2, 0) is 19.6 Å². The molecule has 0 saturated heterocycles. The van der Waals surface area contributed by atoms with Gasteiger partial charge in [-0.15, -0.1) is 0 Å². The van der Waals surface area contributed by atoms with Crippen LogP contribution < -0.4 is 5.32 Å². The van der Waals surface area contributed by atoms with Crippen LogP contribution in [0.3, 0.4) is 0 Å². The van der Waals surface area contributed by atoms with Gasteiger partial charge in [0.2, 0.25) is 0 Å². The molecular formula is C22H21FN4O2. The molecule has 148 valence electrons. The number of carbonyl (C=O) groups is 2. The van der Waals surface area contributed by atoms with Crippen molar-refractivity contribution < 1.29 is 14.0 Å². The summed E-state index contributed by atoms with van der Waals surface area (Å²) in [7, 11) is 0. The summed E-state index contributed by atoms with van der Waals surface area (Å²) in [5.74, 6) is -0.880. The van der Waals surface area contributed by atoms with Crippen molar-refractivity contribution in [3.63, 3.8) is 0 Å². The summed E-state index contributed by atoms with van der Waals surface area (Å²) in [5.41, 5.74) is 2.31. The Morgan fingerprint density at radius 2 is 1.83 bits per heavy atom. The Morgan fingerprint density at radius 3 is 2.62 bits per heavy atom. The highest BCUT2D eigenvalue weighted by Gasteiger charge is 2.26. The highest BCUT2D eigenvalue weighted by atomic mass is 19.1. The van der Waals surface area contributed by atoms with Crippen LogP contribution in [0.2, 0.25) is 0 Å². The highest BCUT2D eigenvalue weighted by Crippen LogP contribution is 2.17. The van der Waals surface area contributed by atoms with Crippen molar-refractivity contribution in [1.29, 1.82) is 0 Å². The van der Waals surface area contributed by atoms with Crippen molar-refractivity contribution in [1.82, 2.24) is 20.0 Å². The molecule has 4 rings (SSSR count). The van der Waals surface area contributed by atoms with E-state index in [1.807, 2.05) is 30.3 Å². The van der Waals surface area contributed by atoms with Crippen LogP contribution in [0, 0.1) is 5.82 Å². The SMILES string of the molecule is O=C(NCc1cccc(F)c1)c1cc2n(n1)CCCN(Cc1ccccc1)C2=O. The molecule has 0 radical (unpaired) electrons. The van der Waals surface area contributed by atoms with E-state index in [4.69, 9.17) is 0 Å². The van der Waals surface area contributed by atoms with Crippen LogP contribution in [0.15, 0.2) is 60.7 Å². The van der Waals surface area contributed by atoms with Crippen LogP contribution in [0.1, 0.15) is 38.5 Å². The van der Waals surface area contributed by atoms with Gasteiger partial charge in [0.05, 0.1) is 0 Å². The van der Waals surface area contributed by atoms with Crippen molar-refractivity contribution in [3.8, 4) is 0 Å². The number of carbonyl (C=O) groups excluding carboxylic acids is 2. The summed E-state index contributed by atoms with van der Waals surface area (Å²) in [6.45, 7) is 1.92. The van der Waals surface area contributed by atoms with Gasteiger partial charge in [0.15, 0.2) is 5.69 Å². The Balaban J connectivity index is 1.47. The fourth-order valence-corrected chi connectivity index (χ4v) is 3.42.